The normalized spacial score (nSPS) is 10.1. The molecule has 2 aromatic carbocycles. The zero-order chi connectivity index (χ0) is 16.8. The summed E-state index contributed by atoms with van der Waals surface area (Å²) in [7, 11) is 3.91. The lowest BCUT2D eigenvalue weighted by molar-refractivity contribution is 0.234. The quantitative estimate of drug-likeness (QED) is 0.791. The van der Waals surface area contributed by atoms with Gasteiger partial charge in [0, 0.05) is 30.5 Å². The molecule has 7 heteroatoms. The minimum Gasteiger partial charge on any atom is -0.472 e. The summed E-state index contributed by atoms with van der Waals surface area (Å²) in [5.41, 5.74) is 1.74. The fourth-order valence-electron chi connectivity index (χ4n) is 1.79. The Morgan fingerprint density at radius 1 is 1.13 bits per heavy atom. The first kappa shape index (κ1) is 17.2. The largest absolute Gasteiger partial charge is 0.472 e. The maximum Gasteiger partial charge on any atom is 0.321 e. The fourth-order valence-corrected chi connectivity index (χ4v) is 2.25. The van der Waals surface area contributed by atoms with Gasteiger partial charge >= 0.3 is 6.03 Å². The molecule has 0 aromatic heterocycles. The van der Waals surface area contributed by atoms with Crippen LogP contribution in [-0.2, 0) is 0 Å². The summed E-state index contributed by atoms with van der Waals surface area (Å²) in [6.07, 6.45) is 0. The van der Waals surface area contributed by atoms with Gasteiger partial charge in [0.1, 0.15) is 5.75 Å². The van der Waals surface area contributed by atoms with Gasteiger partial charge in [-0.15, -0.1) is 0 Å². The number of urea groups is 1. The van der Waals surface area contributed by atoms with Crippen molar-refractivity contribution in [2.45, 2.75) is 0 Å². The Balaban J connectivity index is 1.80. The van der Waals surface area contributed by atoms with Crippen LogP contribution in [0.15, 0.2) is 42.5 Å². The van der Waals surface area contributed by atoms with Crippen molar-refractivity contribution < 1.29 is 9.53 Å². The number of hydrogen-bond acceptors (Lipinski definition) is 3. The number of anilines is 2. The van der Waals surface area contributed by atoms with E-state index in [2.05, 4.69) is 10.6 Å². The molecule has 5 nitrogen and oxygen atoms in total. The van der Waals surface area contributed by atoms with E-state index in [0.29, 0.717) is 21.5 Å². The highest BCUT2D eigenvalue weighted by Crippen LogP contribution is 2.27. The van der Waals surface area contributed by atoms with Crippen LogP contribution in [0.2, 0.25) is 10.0 Å². The summed E-state index contributed by atoms with van der Waals surface area (Å²) in [5, 5.41) is 6.21. The third kappa shape index (κ3) is 5.23. The van der Waals surface area contributed by atoms with Crippen molar-refractivity contribution in [3.8, 4) is 5.75 Å². The maximum absolute atomic E-state index is 11.8. The van der Waals surface area contributed by atoms with E-state index in [9.17, 15) is 4.79 Å². The summed E-state index contributed by atoms with van der Waals surface area (Å²) in [6.45, 7) is -0.0109. The molecule has 2 rings (SSSR count). The highest BCUT2D eigenvalue weighted by atomic mass is 35.5. The fraction of sp³-hybridized carbons (Fsp3) is 0.188. The van der Waals surface area contributed by atoms with Crippen molar-refractivity contribution in [3.05, 3.63) is 52.5 Å². The van der Waals surface area contributed by atoms with Crippen LogP contribution in [0, 0.1) is 0 Å². The molecule has 0 unspecified atom stereocenters. The maximum atomic E-state index is 11.8. The number of hydrogen-bond donors (Lipinski definition) is 2. The molecule has 0 aliphatic rings. The highest BCUT2D eigenvalue weighted by molar-refractivity contribution is 6.35. The van der Waals surface area contributed by atoms with Crippen LogP contribution in [0.3, 0.4) is 0 Å². The van der Waals surface area contributed by atoms with Crippen molar-refractivity contribution in [1.82, 2.24) is 5.32 Å². The molecular weight excluding hydrogens is 337 g/mol. The molecule has 0 spiro atoms. The Hall–Kier alpha value is -2.11. The van der Waals surface area contributed by atoms with Gasteiger partial charge in [0.25, 0.3) is 0 Å². The van der Waals surface area contributed by atoms with E-state index in [1.807, 2.05) is 43.3 Å². The summed E-state index contributed by atoms with van der Waals surface area (Å²) >= 11 is 11.8. The Kier molecular flexibility index (Phi) is 5.96. The third-order valence-corrected chi connectivity index (χ3v) is 3.53. The zero-order valence-electron chi connectivity index (χ0n) is 12.8. The second-order valence-electron chi connectivity index (χ2n) is 4.94. The zero-order valence-corrected chi connectivity index (χ0v) is 14.3. The van der Waals surface area contributed by atoms with Gasteiger partial charge in [-0.1, -0.05) is 23.2 Å². The van der Waals surface area contributed by atoms with Crippen molar-refractivity contribution in [2.75, 3.05) is 31.0 Å². The van der Waals surface area contributed by atoms with Crippen LogP contribution >= 0.6 is 23.2 Å². The molecule has 0 aliphatic heterocycles. The third-order valence-electron chi connectivity index (χ3n) is 3.00. The molecule has 0 atom stereocenters. The molecule has 2 aromatic rings. The van der Waals surface area contributed by atoms with E-state index in [-0.39, 0.29) is 12.8 Å². The molecule has 0 radical (unpaired) electrons. The van der Waals surface area contributed by atoms with E-state index < -0.39 is 0 Å². The number of rotatable bonds is 5. The van der Waals surface area contributed by atoms with Crippen LogP contribution in [0.4, 0.5) is 16.2 Å². The van der Waals surface area contributed by atoms with Crippen LogP contribution in [0.25, 0.3) is 0 Å². The number of ether oxygens (including phenoxy) is 1. The molecule has 0 aliphatic carbocycles. The number of nitrogens with one attached hydrogen (secondary N) is 2. The molecule has 0 saturated heterocycles. The van der Waals surface area contributed by atoms with Crippen molar-refractivity contribution >= 4 is 40.6 Å². The van der Waals surface area contributed by atoms with Gasteiger partial charge in [-0.3, -0.25) is 0 Å². The van der Waals surface area contributed by atoms with Gasteiger partial charge in [-0.2, -0.15) is 0 Å². The molecule has 0 heterocycles. The molecule has 2 amide bonds. The summed E-state index contributed by atoms with van der Waals surface area (Å²) in [5.74, 6) is 0.451. The average Bonchev–Trinajstić information content (AvgIpc) is 2.50. The SMILES string of the molecule is CN(C)c1ccc(NC(=O)NCOc2ccc(Cl)cc2Cl)cc1. The van der Waals surface area contributed by atoms with Crippen molar-refractivity contribution in [3.63, 3.8) is 0 Å². The lowest BCUT2D eigenvalue weighted by Crippen LogP contribution is -2.32. The second kappa shape index (κ2) is 7.94. The van der Waals surface area contributed by atoms with E-state index in [0.717, 1.165) is 5.69 Å². The number of nitrogens with zero attached hydrogens (tertiary/aromatic N) is 1. The van der Waals surface area contributed by atoms with Gasteiger partial charge in [0.05, 0.1) is 5.02 Å². The van der Waals surface area contributed by atoms with E-state index in [4.69, 9.17) is 27.9 Å². The average molecular weight is 354 g/mol. The minimum atomic E-state index is -0.368. The van der Waals surface area contributed by atoms with E-state index >= 15 is 0 Å². The van der Waals surface area contributed by atoms with E-state index in [1.165, 1.54) is 0 Å². The van der Waals surface area contributed by atoms with Gasteiger partial charge in [0.15, 0.2) is 6.73 Å². The summed E-state index contributed by atoms with van der Waals surface area (Å²) in [4.78, 5) is 13.8. The molecule has 0 bridgehead atoms. The Morgan fingerprint density at radius 3 is 2.43 bits per heavy atom. The van der Waals surface area contributed by atoms with Gasteiger partial charge < -0.3 is 20.3 Å². The standard InChI is InChI=1S/C16H17Cl2N3O2/c1-21(2)13-6-4-12(5-7-13)20-16(22)19-10-23-15-8-3-11(17)9-14(15)18/h3-9H,10H2,1-2H3,(H2,19,20,22). The van der Waals surface area contributed by atoms with Crippen molar-refractivity contribution in [1.29, 1.82) is 0 Å². The number of halogens is 2. The monoisotopic (exact) mass is 353 g/mol. The van der Waals surface area contributed by atoms with Crippen LogP contribution in [0.1, 0.15) is 0 Å². The lowest BCUT2D eigenvalue weighted by Gasteiger charge is -2.13. The van der Waals surface area contributed by atoms with Crippen molar-refractivity contribution in [2.24, 2.45) is 0 Å². The highest BCUT2D eigenvalue weighted by Gasteiger charge is 2.05. The Morgan fingerprint density at radius 2 is 1.83 bits per heavy atom. The summed E-state index contributed by atoms with van der Waals surface area (Å²) < 4.78 is 5.38. The van der Waals surface area contributed by atoms with E-state index in [1.54, 1.807) is 18.2 Å². The lowest BCUT2D eigenvalue weighted by atomic mass is 10.2. The number of carbonyl (C=O) groups is 1. The topological polar surface area (TPSA) is 53.6 Å². The van der Waals surface area contributed by atoms with Crippen LogP contribution in [-0.4, -0.2) is 26.9 Å². The molecular formula is C16H17Cl2N3O2. The predicted molar refractivity (Wildman–Crippen MR) is 94.9 cm³/mol. The Labute approximate surface area is 145 Å². The van der Waals surface area contributed by atoms with Gasteiger partial charge in [0.2, 0.25) is 0 Å². The first-order valence-corrected chi connectivity index (χ1v) is 7.61. The van der Waals surface area contributed by atoms with Crippen LogP contribution in [0.5, 0.6) is 5.75 Å². The molecule has 122 valence electrons. The first-order valence-electron chi connectivity index (χ1n) is 6.86. The first-order chi connectivity index (χ1) is 11.0. The molecule has 23 heavy (non-hydrogen) atoms. The number of benzene rings is 2. The second-order valence-corrected chi connectivity index (χ2v) is 5.78. The number of amides is 2. The Bertz CT molecular complexity index is 676. The molecule has 0 fully saturated rings. The predicted octanol–water partition coefficient (Wildman–Crippen LogP) is 4.22. The molecule has 2 N–H and O–H groups in total. The number of carbonyl (C=O) groups excluding carboxylic acids is 1. The molecule has 0 saturated carbocycles. The smallest absolute Gasteiger partial charge is 0.321 e. The summed E-state index contributed by atoms with van der Waals surface area (Å²) in [6, 6.07) is 12.0. The van der Waals surface area contributed by atoms with Gasteiger partial charge in [-0.25, -0.2) is 4.79 Å². The van der Waals surface area contributed by atoms with Gasteiger partial charge in [-0.05, 0) is 42.5 Å². The van der Waals surface area contributed by atoms with Crippen LogP contribution < -0.4 is 20.3 Å². The minimum absolute atomic E-state index is 0.0109.